The van der Waals surface area contributed by atoms with Gasteiger partial charge in [0.05, 0.1) is 16.6 Å². The van der Waals surface area contributed by atoms with Crippen molar-refractivity contribution in [2.24, 2.45) is 7.05 Å². The van der Waals surface area contributed by atoms with E-state index in [1.165, 1.54) is 0 Å². The fraction of sp³-hybridized carbons (Fsp3) is 0.333. The van der Waals surface area contributed by atoms with Crippen LogP contribution < -0.4 is 5.56 Å². The third-order valence-corrected chi connectivity index (χ3v) is 4.02. The van der Waals surface area contributed by atoms with Gasteiger partial charge in [-0.15, -0.1) is 0 Å². The molecule has 3 rings (SSSR count). The van der Waals surface area contributed by atoms with Crippen LogP contribution in [0.25, 0.3) is 16.6 Å². The molecule has 104 valence electrons. The zero-order chi connectivity index (χ0) is 14.7. The highest BCUT2D eigenvalue weighted by atomic mass is 79.9. The van der Waals surface area contributed by atoms with Gasteiger partial charge in [-0.2, -0.15) is 5.10 Å². The first-order chi connectivity index (χ1) is 9.29. The summed E-state index contributed by atoms with van der Waals surface area (Å²) in [5.41, 5.74) is 2.55. The minimum absolute atomic E-state index is 0.000333. The summed E-state index contributed by atoms with van der Waals surface area (Å²) in [6, 6.07) is 7.63. The highest BCUT2D eigenvalue weighted by Gasteiger charge is 2.20. The Bertz CT molecular complexity index is 884. The molecule has 0 atom stereocenters. The molecule has 0 aliphatic carbocycles. The summed E-state index contributed by atoms with van der Waals surface area (Å²) in [7, 11) is 1.78. The SMILES string of the molecule is Cn1c(=O)c2ccc(Br)cc2n2nc(C(C)(C)C)cc12. The topological polar surface area (TPSA) is 39.3 Å². The van der Waals surface area contributed by atoms with Crippen molar-refractivity contribution in [1.29, 1.82) is 0 Å². The first-order valence-corrected chi connectivity index (χ1v) is 7.27. The fourth-order valence-corrected chi connectivity index (χ4v) is 2.65. The van der Waals surface area contributed by atoms with Gasteiger partial charge in [0, 0.05) is 23.0 Å². The standard InChI is InChI=1S/C15H16BrN3O/c1-15(2,3)12-8-13-18(4)14(20)10-6-5-9(16)7-11(10)19(13)17-12/h5-8H,1-4H3. The second kappa shape index (κ2) is 4.19. The Balaban J connectivity index is 2.55. The van der Waals surface area contributed by atoms with Gasteiger partial charge in [0.1, 0.15) is 5.65 Å². The molecule has 1 aromatic carbocycles. The molecule has 0 spiro atoms. The predicted octanol–water partition coefficient (Wildman–Crippen LogP) is 3.25. The van der Waals surface area contributed by atoms with Crippen molar-refractivity contribution in [2.75, 3.05) is 0 Å². The number of benzene rings is 1. The third kappa shape index (κ3) is 1.88. The Hall–Kier alpha value is -1.62. The Morgan fingerprint density at radius 3 is 2.55 bits per heavy atom. The van der Waals surface area contributed by atoms with Gasteiger partial charge in [-0.05, 0) is 18.2 Å². The summed E-state index contributed by atoms with van der Waals surface area (Å²) >= 11 is 3.46. The molecular weight excluding hydrogens is 318 g/mol. The van der Waals surface area contributed by atoms with E-state index >= 15 is 0 Å². The zero-order valence-corrected chi connectivity index (χ0v) is 13.5. The van der Waals surface area contributed by atoms with Gasteiger partial charge < -0.3 is 0 Å². The zero-order valence-electron chi connectivity index (χ0n) is 11.9. The molecule has 0 saturated heterocycles. The summed E-state index contributed by atoms with van der Waals surface area (Å²) in [4.78, 5) is 12.4. The molecule has 2 heterocycles. The van der Waals surface area contributed by atoms with Gasteiger partial charge >= 0.3 is 0 Å². The van der Waals surface area contributed by atoms with Crippen LogP contribution in [0.2, 0.25) is 0 Å². The molecule has 5 heteroatoms. The summed E-state index contributed by atoms with van der Waals surface area (Å²) in [5, 5.41) is 5.36. The average Bonchev–Trinajstić information content (AvgIpc) is 2.81. The lowest BCUT2D eigenvalue weighted by molar-refractivity contribution is 0.564. The van der Waals surface area contributed by atoms with E-state index < -0.39 is 0 Å². The highest BCUT2D eigenvalue weighted by Crippen LogP contribution is 2.24. The van der Waals surface area contributed by atoms with Gasteiger partial charge in [0.25, 0.3) is 5.56 Å². The molecule has 4 nitrogen and oxygen atoms in total. The highest BCUT2D eigenvalue weighted by molar-refractivity contribution is 9.10. The summed E-state index contributed by atoms with van der Waals surface area (Å²) in [6.07, 6.45) is 0. The maximum absolute atomic E-state index is 12.4. The van der Waals surface area contributed by atoms with Crippen LogP contribution >= 0.6 is 15.9 Å². The Labute approximate surface area is 125 Å². The number of hydrogen-bond acceptors (Lipinski definition) is 2. The van der Waals surface area contributed by atoms with Crippen molar-refractivity contribution in [3.8, 4) is 0 Å². The van der Waals surface area contributed by atoms with Crippen molar-refractivity contribution in [1.82, 2.24) is 14.2 Å². The smallest absolute Gasteiger partial charge is 0.261 e. The van der Waals surface area contributed by atoms with Gasteiger partial charge in [-0.3, -0.25) is 9.36 Å². The summed E-state index contributed by atoms with van der Waals surface area (Å²) < 4.78 is 4.44. The molecule has 0 aliphatic rings. The Kier molecular flexibility index (Phi) is 2.80. The van der Waals surface area contributed by atoms with Gasteiger partial charge in [0.15, 0.2) is 0 Å². The van der Waals surface area contributed by atoms with Crippen LogP contribution in [0.15, 0.2) is 33.5 Å². The predicted molar refractivity (Wildman–Crippen MR) is 84.3 cm³/mol. The minimum atomic E-state index is -0.0552. The van der Waals surface area contributed by atoms with Crippen LogP contribution in [0, 0.1) is 0 Å². The number of nitrogens with zero attached hydrogens (tertiary/aromatic N) is 3. The molecule has 0 fully saturated rings. The Morgan fingerprint density at radius 2 is 1.90 bits per heavy atom. The van der Waals surface area contributed by atoms with Crippen molar-refractivity contribution in [3.63, 3.8) is 0 Å². The van der Waals surface area contributed by atoms with E-state index in [4.69, 9.17) is 5.10 Å². The van der Waals surface area contributed by atoms with Crippen LogP contribution in [0.1, 0.15) is 26.5 Å². The van der Waals surface area contributed by atoms with Crippen LogP contribution in [0.5, 0.6) is 0 Å². The largest absolute Gasteiger partial charge is 0.296 e. The molecule has 20 heavy (non-hydrogen) atoms. The molecule has 0 bridgehead atoms. The van der Waals surface area contributed by atoms with Crippen molar-refractivity contribution in [2.45, 2.75) is 26.2 Å². The third-order valence-electron chi connectivity index (χ3n) is 3.53. The molecule has 2 aromatic heterocycles. The van der Waals surface area contributed by atoms with Crippen molar-refractivity contribution >= 4 is 32.5 Å². The number of halogens is 1. The second-order valence-corrected chi connectivity index (χ2v) is 6.99. The molecule has 0 unspecified atom stereocenters. The van der Waals surface area contributed by atoms with Crippen LogP contribution in [-0.2, 0) is 12.5 Å². The van der Waals surface area contributed by atoms with E-state index in [9.17, 15) is 4.79 Å². The molecule has 0 amide bonds. The molecule has 0 radical (unpaired) electrons. The number of hydrogen-bond donors (Lipinski definition) is 0. The first-order valence-electron chi connectivity index (χ1n) is 6.47. The molecular formula is C15H16BrN3O. The number of fused-ring (bicyclic) bond motifs is 3. The fourth-order valence-electron chi connectivity index (χ4n) is 2.30. The lowest BCUT2D eigenvalue weighted by Gasteiger charge is -2.13. The maximum Gasteiger partial charge on any atom is 0.261 e. The lowest BCUT2D eigenvalue weighted by Crippen LogP contribution is -2.19. The van der Waals surface area contributed by atoms with E-state index in [0.29, 0.717) is 5.39 Å². The van der Waals surface area contributed by atoms with Crippen LogP contribution in [0.4, 0.5) is 0 Å². The van der Waals surface area contributed by atoms with Crippen molar-refractivity contribution < 1.29 is 0 Å². The quantitative estimate of drug-likeness (QED) is 0.633. The maximum atomic E-state index is 12.4. The minimum Gasteiger partial charge on any atom is -0.296 e. The van der Waals surface area contributed by atoms with E-state index in [0.717, 1.165) is 21.3 Å². The normalized spacial score (nSPS) is 12.4. The number of aromatic nitrogens is 3. The monoisotopic (exact) mass is 333 g/mol. The van der Waals surface area contributed by atoms with E-state index in [1.807, 2.05) is 28.8 Å². The summed E-state index contributed by atoms with van der Waals surface area (Å²) in [6.45, 7) is 6.35. The van der Waals surface area contributed by atoms with E-state index in [-0.39, 0.29) is 11.0 Å². The number of rotatable bonds is 0. The second-order valence-electron chi connectivity index (χ2n) is 6.08. The van der Waals surface area contributed by atoms with Crippen LogP contribution in [-0.4, -0.2) is 14.2 Å². The lowest BCUT2D eigenvalue weighted by atomic mass is 9.93. The van der Waals surface area contributed by atoms with E-state index in [2.05, 4.69) is 36.7 Å². The number of aryl methyl sites for hydroxylation is 1. The van der Waals surface area contributed by atoms with Gasteiger partial charge in [0.2, 0.25) is 0 Å². The molecule has 0 N–H and O–H groups in total. The van der Waals surface area contributed by atoms with E-state index in [1.54, 1.807) is 11.6 Å². The Morgan fingerprint density at radius 1 is 1.20 bits per heavy atom. The molecule has 0 saturated carbocycles. The van der Waals surface area contributed by atoms with Gasteiger partial charge in [-0.1, -0.05) is 36.7 Å². The average molecular weight is 334 g/mol. The summed E-state index contributed by atoms with van der Waals surface area (Å²) in [5.74, 6) is 0. The molecule has 3 aromatic rings. The molecule has 0 aliphatic heterocycles. The van der Waals surface area contributed by atoms with Gasteiger partial charge in [-0.25, -0.2) is 4.52 Å². The first kappa shape index (κ1) is 13.4. The van der Waals surface area contributed by atoms with Crippen molar-refractivity contribution in [3.05, 3.63) is 44.8 Å². The van der Waals surface area contributed by atoms with Crippen LogP contribution in [0.3, 0.4) is 0 Å².